The molecule has 1 aromatic rings. The zero-order valence-electron chi connectivity index (χ0n) is 20.2. The predicted molar refractivity (Wildman–Crippen MR) is 148 cm³/mol. The van der Waals surface area contributed by atoms with Gasteiger partial charge in [0.15, 0.2) is 0 Å². The molecule has 0 spiro atoms. The van der Waals surface area contributed by atoms with Crippen molar-refractivity contribution in [3.63, 3.8) is 0 Å². The van der Waals surface area contributed by atoms with Crippen LogP contribution in [0.3, 0.4) is 0 Å². The number of hydrogen-bond donors (Lipinski definition) is 0. The lowest BCUT2D eigenvalue weighted by molar-refractivity contribution is -0.384. The third-order valence-corrected chi connectivity index (χ3v) is 14.8. The van der Waals surface area contributed by atoms with Crippen LogP contribution in [0.25, 0.3) is 6.08 Å². The smallest absolute Gasteiger partial charge is 0.310 e. The van der Waals surface area contributed by atoms with Crippen molar-refractivity contribution in [2.45, 2.75) is 29.5 Å². The summed E-state index contributed by atoms with van der Waals surface area (Å²) < 4.78 is 40.9. The van der Waals surface area contributed by atoms with Gasteiger partial charge in [-0.15, -0.1) is 23.2 Å². The van der Waals surface area contributed by atoms with Gasteiger partial charge in [0.25, 0.3) is 9.50 Å². The van der Waals surface area contributed by atoms with Crippen LogP contribution in [-0.2, 0) is 18.2 Å². The molecule has 0 bridgehead atoms. The first kappa shape index (κ1) is 32.0. The van der Waals surface area contributed by atoms with Crippen LogP contribution in [0.1, 0.15) is 31.2 Å². The van der Waals surface area contributed by atoms with Crippen molar-refractivity contribution >= 4 is 73.2 Å². The monoisotopic (exact) mass is 623 g/mol. The molecule has 1 heterocycles. The topological polar surface area (TPSA) is 102 Å². The van der Waals surface area contributed by atoms with Gasteiger partial charge in [0, 0.05) is 37.0 Å². The Morgan fingerprint density at radius 2 is 1.39 bits per heavy atom. The van der Waals surface area contributed by atoms with Crippen molar-refractivity contribution in [2.75, 3.05) is 52.2 Å². The van der Waals surface area contributed by atoms with E-state index in [-0.39, 0.29) is 18.9 Å². The molecule has 9 nitrogen and oxygen atoms in total. The lowest BCUT2D eigenvalue weighted by Gasteiger charge is -2.43. The van der Waals surface area contributed by atoms with Crippen molar-refractivity contribution in [1.29, 1.82) is 0 Å². The molecule has 15 heteroatoms. The van der Waals surface area contributed by atoms with Crippen LogP contribution in [0, 0.1) is 10.1 Å². The molecule has 0 aromatic heterocycles. The number of nitro benzene ring substituents is 1. The van der Waals surface area contributed by atoms with Gasteiger partial charge in [-0.25, -0.2) is 9.34 Å². The summed E-state index contributed by atoms with van der Waals surface area (Å²) >= 11 is 25.0. The molecule has 36 heavy (non-hydrogen) atoms. The second-order valence-corrected chi connectivity index (χ2v) is 17.1. The van der Waals surface area contributed by atoms with Gasteiger partial charge >= 0.3 is 15.0 Å². The van der Waals surface area contributed by atoms with Crippen molar-refractivity contribution in [1.82, 2.24) is 9.34 Å². The highest BCUT2D eigenvalue weighted by Crippen LogP contribution is 2.83. The highest BCUT2D eigenvalue weighted by Gasteiger charge is 2.65. The van der Waals surface area contributed by atoms with Gasteiger partial charge in [-0.2, -0.15) is 0 Å². The van der Waals surface area contributed by atoms with Gasteiger partial charge in [-0.3, -0.25) is 19.2 Å². The minimum absolute atomic E-state index is 0.0532. The van der Waals surface area contributed by atoms with E-state index in [0.29, 0.717) is 61.7 Å². The maximum atomic E-state index is 14.3. The van der Waals surface area contributed by atoms with E-state index in [9.17, 15) is 19.2 Å². The molecular weight excluding hydrogens is 594 g/mol. The quantitative estimate of drug-likeness (QED) is 0.0779. The van der Waals surface area contributed by atoms with Crippen LogP contribution in [0.2, 0.25) is 0 Å². The molecule has 0 N–H and O–H groups in total. The number of rotatable bonds is 12. The molecule has 0 aliphatic carbocycles. The molecular formula is C21H31Cl4N3O6P2. The number of unbranched alkanes of at least 4 members (excludes halogenated alkanes) is 2. The van der Waals surface area contributed by atoms with Gasteiger partial charge in [0.05, 0.1) is 18.1 Å². The zero-order chi connectivity index (χ0) is 27.0. The number of benzene rings is 1. The highest BCUT2D eigenvalue weighted by atomic mass is 35.5. The van der Waals surface area contributed by atoms with Gasteiger partial charge < -0.3 is 9.05 Å². The molecule has 2 unspecified atom stereocenters. The Kier molecular flexibility index (Phi) is 12.7. The fourth-order valence-corrected chi connectivity index (χ4v) is 11.5. The Bertz CT molecular complexity index is 966. The molecule has 2 rings (SSSR count). The third-order valence-electron chi connectivity index (χ3n) is 5.63. The maximum Gasteiger partial charge on any atom is 0.319 e. The Morgan fingerprint density at radius 3 is 1.78 bits per heavy atom. The highest BCUT2D eigenvalue weighted by molar-refractivity contribution is 7.82. The maximum absolute atomic E-state index is 14.3. The molecule has 0 amide bonds. The predicted octanol–water partition coefficient (Wildman–Crippen LogP) is 7.40. The van der Waals surface area contributed by atoms with Gasteiger partial charge in [-0.05, 0) is 63.0 Å². The number of halogens is 4. The number of non-ortho nitro benzene ring substituents is 1. The Hall–Kier alpha value is -0.180. The van der Waals surface area contributed by atoms with E-state index in [1.807, 2.05) is 0 Å². The van der Waals surface area contributed by atoms with Crippen LogP contribution in [0.15, 0.2) is 29.8 Å². The standard InChI is InChI=1S/C21H31Cl4N3O6P2/c1-26(13-5-3-11-22)35(31)21(24,25)36(32,27(2)14-6-4-12-23)34-17-19(16-33-35)15-18-7-9-20(10-8-18)28(29)30/h7-10,15H,3-6,11-14,16-17H2,1-2H3. The van der Waals surface area contributed by atoms with E-state index in [1.165, 1.54) is 21.5 Å². The van der Waals surface area contributed by atoms with Crippen LogP contribution in [0.4, 0.5) is 5.69 Å². The largest absolute Gasteiger partial charge is 0.319 e. The number of alkyl halides is 4. The summed E-state index contributed by atoms with van der Waals surface area (Å²) in [5, 5.41) is 10.9. The number of nitro groups is 1. The first-order valence-electron chi connectivity index (χ1n) is 11.3. The molecule has 2 atom stereocenters. The van der Waals surface area contributed by atoms with E-state index >= 15 is 0 Å². The molecule has 1 aliphatic heterocycles. The van der Waals surface area contributed by atoms with E-state index < -0.39 is 23.8 Å². The Balaban J connectivity index is 2.46. The molecule has 1 aromatic carbocycles. The van der Waals surface area contributed by atoms with Crippen LogP contribution in [0.5, 0.6) is 0 Å². The summed E-state index contributed by atoms with van der Waals surface area (Å²) in [4.78, 5) is 10.5. The molecule has 0 saturated carbocycles. The second kappa shape index (κ2) is 14.3. The Labute approximate surface area is 232 Å². The second-order valence-electron chi connectivity index (χ2n) is 8.30. The van der Waals surface area contributed by atoms with E-state index in [2.05, 4.69) is 0 Å². The number of hydrogen-bond acceptors (Lipinski definition) is 6. The number of nitrogens with zero attached hydrogens (tertiary/aromatic N) is 3. The van der Waals surface area contributed by atoms with Crippen LogP contribution >= 0.6 is 61.4 Å². The van der Waals surface area contributed by atoms with Crippen molar-refractivity contribution < 1.29 is 23.1 Å². The molecule has 1 fully saturated rings. The van der Waals surface area contributed by atoms with Crippen LogP contribution in [-0.4, -0.2) is 70.2 Å². The molecule has 204 valence electrons. The summed E-state index contributed by atoms with van der Waals surface area (Å²) in [6.45, 7) is 0.266. The fourth-order valence-electron chi connectivity index (χ4n) is 3.45. The van der Waals surface area contributed by atoms with Crippen molar-refractivity contribution in [2.24, 2.45) is 0 Å². The SMILES string of the molecule is CN(CCCCCl)P1(=O)OCC(=Cc2ccc([N+](=O)[O-])cc2)COP(=O)(N(C)CCCCCl)C1(Cl)Cl. The average molecular weight is 625 g/mol. The lowest BCUT2D eigenvalue weighted by Crippen LogP contribution is -2.36. The van der Waals surface area contributed by atoms with Crippen molar-refractivity contribution in [3.05, 3.63) is 45.5 Å². The summed E-state index contributed by atoms with van der Waals surface area (Å²) in [6, 6.07) is 5.86. The summed E-state index contributed by atoms with van der Waals surface area (Å²) in [5.41, 5.74) is 1.08. The minimum Gasteiger partial charge on any atom is -0.310 e. The van der Waals surface area contributed by atoms with Crippen molar-refractivity contribution in [3.8, 4) is 0 Å². The van der Waals surface area contributed by atoms with Gasteiger partial charge in [0.2, 0.25) is 0 Å². The summed E-state index contributed by atoms with van der Waals surface area (Å²) in [7, 11) is -5.22. The van der Waals surface area contributed by atoms with E-state index in [4.69, 9.17) is 55.5 Å². The summed E-state index contributed by atoms with van der Waals surface area (Å²) in [6.07, 6.45) is 4.20. The molecule has 1 saturated heterocycles. The van der Waals surface area contributed by atoms with E-state index in [0.717, 1.165) is 0 Å². The van der Waals surface area contributed by atoms with Gasteiger partial charge in [-0.1, -0.05) is 29.3 Å². The van der Waals surface area contributed by atoms with Gasteiger partial charge in [0.1, 0.15) is 0 Å². The normalized spacial score (nSPS) is 24.5. The third kappa shape index (κ3) is 7.47. The van der Waals surface area contributed by atoms with E-state index in [1.54, 1.807) is 32.3 Å². The van der Waals surface area contributed by atoms with Crippen LogP contribution < -0.4 is 0 Å². The minimum atomic E-state index is -4.16. The first-order chi connectivity index (χ1) is 16.9. The molecule has 0 radical (unpaired) electrons. The Morgan fingerprint density at radius 1 is 0.944 bits per heavy atom. The zero-order valence-corrected chi connectivity index (χ0v) is 25.0. The lowest BCUT2D eigenvalue weighted by atomic mass is 10.1. The fraction of sp³-hybridized carbons (Fsp3) is 0.619. The summed E-state index contributed by atoms with van der Waals surface area (Å²) in [5.74, 6) is 0.859. The first-order valence-corrected chi connectivity index (χ1v) is 16.3. The molecule has 1 aliphatic rings. The average Bonchev–Trinajstić information content (AvgIpc) is 2.84.